The molecule has 1 heterocycles. The highest BCUT2D eigenvalue weighted by Gasteiger charge is 2.21. The van der Waals surface area contributed by atoms with E-state index < -0.39 is 0 Å². The number of Topliss-reactive ketones (excluding diaryl/α,β-unsaturated/α-hetero) is 1. The summed E-state index contributed by atoms with van der Waals surface area (Å²) in [5, 5.41) is 0.259. The monoisotopic (exact) mass is 234 g/mol. The molecule has 86 valence electrons. The van der Waals surface area contributed by atoms with Crippen molar-refractivity contribution in [2.75, 3.05) is 5.75 Å². The van der Waals surface area contributed by atoms with Crippen LogP contribution in [0.4, 0.5) is 0 Å². The van der Waals surface area contributed by atoms with Gasteiger partial charge in [-0.1, -0.05) is 36.2 Å². The molecule has 1 atom stereocenters. The molecule has 1 unspecified atom stereocenters. The van der Waals surface area contributed by atoms with Crippen molar-refractivity contribution in [2.24, 2.45) is 0 Å². The lowest BCUT2D eigenvalue weighted by molar-refractivity contribution is -0.118. The number of benzene rings is 1. The summed E-state index contributed by atoms with van der Waals surface area (Å²) in [5.74, 6) is 1.57. The lowest BCUT2D eigenvalue weighted by atomic mass is 10.0. The molecule has 0 spiro atoms. The molecule has 16 heavy (non-hydrogen) atoms. The third-order valence-electron chi connectivity index (χ3n) is 3.04. The van der Waals surface area contributed by atoms with E-state index in [4.69, 9.17) is 0 Å². The van der Waals surface area contributed by atoms with E-state index in [9.17, 15) is 4.79 Å². The van der Waals surface area contributed by atoms with Crippen molar-refractivity contribution in [1.82, 2.24) is 0 Å². The summed E-state index contributed by atoms with van der Waals surface area (Å²) >= 11 is 1.84. The van der Waals surface area contributed by atoms with Crippen molar-refractivity contribution in [3.63, 3.8) is 0 Å². The molecular weight excluding hydrogens is 216 g/mol. The van der Waals surface area contributed by atoms with E-state index in [1.54, 1.807) is 0 Å². The molecule has 0 amide bonds. The highest BCUT2D eigenvalue weighted by molar-refractivity contribution is 8.00. The molecule has 1 fully saturated rings. The Morgan fingerprint density at radius 3 is 2.69 bits per heavy atom. The quantitative estimate of drug-likeness (QED) is 0.797. The van der Waals surface area contributed by atoms with Crippen LogP contribution < -0.4 is 0 Å². The Balaban J connectivity index is 1.93. The highest BCUT2D eigenvalue weighted by atomic mass is 32.2. The number of carbonyl (C=O) groups excluding carboxylic acids is 1. The van der Waals surface area contributed by atoms with E-state index >= 15 is 0 Å². The summed E-state index contributed by atoms with van der Waals surface area (Å²) < 4.78 is 0. The molecule has 2 rings (SSSR count). The maximum absolute atomic E-state index is 12.0. The predicted octanol–water partition coefficient (Wildman–Crippen LogP) is 3.39. The van der Waals surface area contributed by atoms with Gasteiger partial charge in [0, 0.05) is 6.42 Å². The van der Waals surface area contributed by atoms with Gasteiger partial charge in [0.05, 0.1) is 5.25 Å². The molecule has 0 aromatic heterocycles. The van der Waals surface area contributed by atoms with Crippen molar-refractivity contribution >= 4 is 17.5 Å². The molecule has 2 heteroatoms. The van der Waals surface area contributed by atoms with Gasteiger partial charge in [-0.25, -0.2) is 0 Å². The lowest BCUT2D eigenvalue weighted by Gasteiger charge is -2.19. The topological polar surface area (TPSA) is 17.1 Å². The minimum absolute atomic E-state index is 0.259. The number of hydrogen-bond donors (Lipinski definition) is 0. The molecule has 0 bridgehead atoms. The Morgan fingerprint density at radius 1 is 1.31 bits per heavy atom. The molecule has 1 nitrogen and oxygen atoms in total. The fourth-order valence-electron chi connectivity index (χ4n) is 2.02. The first-order valence-electron chi connectivity index (χ1n) is 5.95. The van der Waals surface area contributed by atoms with Crippen molar-refractivity contribution < 1.29 is 4.79 Å². The zero-order valence-corrected chi connectivity index (χ0v) is 10.6. The van der Waals surface area contributed by atoms with Crippen LogP contribution in [0.2, 0.25) is 0 Å². The Hall–Kier alpha value is -0.760. The van der Waals surface area contributed by atoms with Gasteiger partial charge in [0.2, 0.25) is 0 Å². The molecule has 0 N–H and O–H groups in total. The molecule has 0 aliphatic carbocycles. The van der Waals surface area contributed by atoms with Crippen LogP contribution in [0.3, 0.4) is 0 Å². The predicted molar refractivity (Wildman–Crippen MR) is 70.0 cm³/mol. The van der Waals surface area contributed by atoms with Gasteiger partial charge >= 0.3 is 0 Å². The van der Waals surface area contributed by atoms with Crippen molar-refractivity contribution in [3.8, 4) is 0 Å². The van der Waals surface area contributed by atoms with E-state index in [0.717, 1.165) is 17.7 Å². The second kappa shape index (κ2) is 5.53. The summed E-state index contributed by atoms with van der Waals surface area (Å²) in [7, 11) is 0. The lowest BCUT2D eigenvalue weighted by Crippen LogP contribution is -2.22. The van der Waals surface area contributed by atoms with Crippen LogP contribution in [0, 0.1) is 6.92 Å². The summed E-state index contributed by atoms with van der Waals surface area (Å²) in [5.41, 5.74) is 2.41. The minimum atomic E-state index is 0.259. The van der Waals surface area contributed by atoms with Crippen LogP contribution in [-0.2, 0) is 11.2 Å². The Bertz CT molecular complexity index is 350. The third kappa shape index (κ3) is 3.11. The number of carbonyl (C=O) groups is 1. The van der Waals surface area contributed by atoms with E-state index in [-0.39, 0.29) is 5.25 Å². The molecule has 0 radical (unpaired) electrons. The van der Waals surface area contributed by atoms with Gasteiger partial charge in [0.1, 0.15) is 5.78 Å². The standard InChI is InChI=1S/C14H18OS/c1-11-5-7-12(8-6-11)10-13(15)14-4-2-3-9-16-14/h5-8,14H,2-4,9-10H2,1H3. The smallest absolute Gasteiger partial charge is 0.150 e. The van der Waals surface area contributed by atoms with E-state index in [0.29, 0.717) is 12.2 Å². The Morgan fingerprint density at radius 2 is 2.06 bits per heavy atom. The molecule has 1 aliphatic rings. The number of hydrogen-bond acceptors (Lipinski definition) is 2. The zero-order chi connectivity index (χ0) is 11.4. The van der Waals surface area contributed by atoms with Gasteiger partial charge in [-0.3, -0.25) is 4.79 Å². The van der Waals surface area contributed by atoms with E-state index in [2.05, 4.69) is 31.2 Å². The van der Waals surface area contributed by atoms with Gasteiger partial charge in [-0.15, -0.1) is 0 Å². The minimum Gasteiger partial charge on any atom is -0.298 e. The van der Waals surface area contributed by atoms with Crippen molar-refractivity contribution in [1.29, 1.82) is 0 Å². The second-order valence-electron chi connectivity index (χ2n) is 4.48. The first-order chi connectivity index (χ1) is 7.75. The van der Waals surface area contributed by atoms with Crippen molar-refractivity contribution in [2.45, 2.75) is 37.9 Å². The summed E-state index contributed by atoms with van der Waals surface area (Å²) in [6.45, 7) is 2.07. The fourth-order valence-corrected chi connectivity index (χ4v) is 3.27. The highest BCUT2D eigenvalue weighted by Crippen LogP contribution is 2.26. The first-order valence-corrected chi connectivity index (χ1v) is 7.00. The first kappa shape index (κ1) is 11.7. The van der Waals surface area contributed by atoms with Crippen LogP contribution in [0.25, 0.3) is 0 Å². The van der Waals surface area contributed by atoms with Gasteiger partial charge in [0.25, 0.3) is 0 Å². The molecule has 1 aromatic rings. The largest absolute Gasteiger partial charge is 0.298 e. The summed E-state index contributed by atoms with van der Waals surface area (Å²) in [4.78, 5) is 12.0. The summed E-state index contributed by atoms with van der Waals surface area (Å²) in [6.07, 6.45) is 4.18. The third-order valence-corrected chi connectivity index (χ3v) is 4.46. The summed E-state index contributed by atoms with van der Waals surface area (Å²) in [6, 6.07) is 8.30. The van der Waals surface area contributed by atoms with Gasteiger partial charge in [-0.05, 0) is 31.1 Å². The van der Waals surface area contributed by atoms with Gasteiger partial charge in [-0.2, -0.15) is 11.8 Å². The van der Waals surface area contributed by atoms with Crippen LogP contribution >= 0.6 is 11.8 Å². The average Bonchev–Trinajstić information content (AvgIpc) is 2.33. The van der Waals surface area contributed by atoms with Crippen LogP contribution in [0.15, 0.2) is 24.3 Å². The maximum Gasteiger partial charge on any atom is 0.150 e. The molecule has 1 aliphatic heterocycles. The molecule has 0 saturated carbocycles. The molecular formula is C14H18OS. The SMILES string of the molecule is Cc1ccc(CC(=O)C2CCCCS2)cc1. The Kier molecular flexibility index (Phi) is 4.05. The molecule has 1 aromatic carbocycles. The number of ketones is 1. The fraction of sp³-hybridized carbons (Fsp3) is 0.500. The van der Waals surface area contributed by atoms with Gasteiger partial charge < -0.3 is 0 Å². The van der Waals surface area contributed by atoms with Crippen molar-refractivity contribution in [3.05, 3.63) is 35.4 Å². The Labute approximate surface area is 102 Å². The number of thioether (sulfide) groups is 1. The van der Waals surface area contributed by atoms with Gasteiger partial charge in [0.15, 0.2) is 0 Å². The van der Waals surface area contributed by atoms with Crippen LogP contribution in [0.5, 0.6) is 0 Å². The second-order valence-corrected chi connectivity index (χ2v) is 5.79. The van der Waals surface area contributed by atoms with Crippen LogP contribution in [-0.4, -0.2) is 16.8 Å². The van der Waals surface area contributed by atoms with E-state index in [1.165, 1.54) is 18.4 Å². The number of aryl methyl sites for hydroxylation is 1. The maximum atomic E-state index is 12.0. The average molecular weight is 234 g/mol. The number of rotatable bonds is 3. The van der Waals surface area contributed by atoms with E-state index in [1.807, 2.05) is 11.8 Å². The normalized spacial score (nSPS) is 20.7. The van der Waals surface area contributed by atoms with Crippen LogP contribution in [0.1, 0.15) is 30.4 Å². The molecule has 1 saturated heterocycles. The zero-order valence-electron chi connectivity index (χ0n) is 9.74.